The molecule has 0 N–H and O–H groups in total. The Kier molecular flexibility index (Phi) is 4.33. The van der Waals surface area contributed by atoms with Crippen molar-refractivity contribution in [3.05, 3.63) is 79.4 Å². The molecule has 0 aliphatic carbocycles. The number of hydrogen-bond donors (Lipinski definition) is 0. The van der Waals surface area contributed by atoms with Crippen molar-refractivity contribution in [1.82, 2.24) is 0 Å². The molecule has 0 atom stereocenters. The first kappa shape index (κ1) is 16.2. The zero-order chi connectivity index (χ0) is 17.3. The van der Waals surface area contributed by atoms with Crippen molar-refractivity contribution < 1.29 is 14.5 Å². The quantitative estimate of drug-likeness (QED) is 0.353. The van der Waals surface area contributed by atoms with E-state index in [9.17, 15) is 14.9 Å². The second-order valence-corrected chi connectivity index (χ2v) is 5.65. The number of non-ortho nitro benzene ring substituents is 1. The summed E-state index contributed by atoms with van der Waals surface area (Å²) in [5.74, 6) is -0.739. The Balaban J connectivity index is 1.99. The predicted molar refractivity (Wildman–Crippen MR) is 90.2 cm³/mol. The molecule has 0 bridgehead atoms. The van der Waals surface area contributed by atoms with E-state index in [1.54, 1.807) is 24.3 Å². The van der Waals surface area contributed by atoms with Gasteiger partial charge in [0.1, 0.15) is 0 Å². The van der Waals surface area contributed by atoms with Gasteiger partial charge >= 0.3 is 5.97 Å². The van der Waals surface area contributed by atoms with E-state index < -0.39 is 10.9 Å². The summed E-state index contributed by atoms with van der Waals surface area (Å²) in [4.78, 5) is 26.3. The van der Waals surface area contributed by atoms with Gasteiger partial charge in [-0.3, -0.25) is 10.1 Å². The molecule has 1 aliphatic heterocycles. The van der Waals surface area contributed by atoms with Gasteiger partial charge in [0.05, 0.1) is 15.5 Å². The van der Waals surface area contributed by atoms with Gasteiger partial charge in [0.2, 0.25) is 5.90 Å². The fourth-order valence-corrected chi connectivity index (χ4v) is 2.36. The molecule has 2 aromatic rings. The molecular weight excluding hydrogens is 355 g/mol. The average Bonchev–Trinajstić information content (AvgIpc) is 2.90. The number of esters is 1. The van der Waals surface area contributed by atoms with Gasteiger partial charge in [-0.05, 0) is 29.8 Å². The third kappa shape index (κ3) is 3.29. The lowest BCUT2D eigenvalue weighted by molar-refractivity contribution is -0.384. The minimum atomic E-state index is -0.664. The van der Waals surface area contributed by atoms with Crippen molar-refractivity contribution in [2.75, 3.05) is 0 Å². The molecule has 120 valence electrons. The largest absolute Gasteiger partial charge is 0.402 e. The highest BCUT2D eigenvalue weighted by Crippen LogP contribution is 2.27. The number of hydrogen-bond acceptors (Lipinski definition) is 5. The second-order valence-electron chi connectivity index (χ2n) is 4.81. The molecule has 3 rings (SSSR count). The Morgan fingerprint density at radius 1 is 1.12 bits per heavy atom. The lowest BCUT2D eigenvalue weighted by Crippen LogP contribution is -2.06. The molecule has 1 aliphatic rings. The lowest BCUT2D eigenvalue weighted by atomic mass is 10.2. The number of nitrogens with zero attached hydrogens (tertiary/aromatic N) is 2. The maximum absolute atomic E-state index is 12.0. The fourth-order valence-electron chi connectivity index (χ4n) is 2.03. The maximum Gasteiger partial charge on any atom is 0.363 e. The minimum Gasteiger partial charge on any atom is -0.402 e. The molecule has 1 heterocycles. The number of cyclic esters (lactones) is 1. The third-order valence-electron chi connectivity index (χ3n) is 3.19. The summed E-state index contributed by atoms with van der Waals surface area (Å²) < 4.78 is 5.08. The number of halogens is 2. The van der Waals surface area contributed by atoms with Crippen molar-refractivity contribution in [2.45, 2.75) is 0 Å². The summed E-state index contributed by atoms with van der Waals surface area (Å²) in [7, 11) is 0. The Labute approximate surface area is 146 Å². The van der Waals surface area contributed by atoms with Gasteiger partial charge < -0.3 is 4.74 Å². The van der Waals surface area contributed by atoms with Crippen molar-refractivity contribution >= 4 is 46.8 Å². The number of nitro benzene ring substituents is 1. The van der Waals surface area contributed by atoms with Gasteiger partial charge in [-0.25, -0.2) is 9.79 Å². The lowest BCUT2D eigenvalue weighted by Gasteiger charge is -2.02. The highest BCUT2D eigenvalue weighted by Gasteiger charge is 2.27. The molecule has 8 heteroatoms. The highest BCUT2D eigenvalue weighted by atomic mass is 35.5. The van der Waals surface area contributed by atoms with Crippen LogP contribution in [0, 0.1) is 10.1 Å². The molecule has 24 heavy (non-hydrogen) atoms. The Morgan fingerprint density at radius 2 is 1.83 bits per heavy atom. The molecule has 0 unspecified atom stereocenters. The van der Waals surface area contributed by atoms with Gasteiger partial charge in [0.25, 0.3) is 5.69 Å². The van der Waals surface area contributed by atoms with Crippen LogP contribution < -0.4 is 0 Å². The predicted octanol–water partition coefficient (Wildman–Crippen LogP) is 4.25. The van der Waals surface area contributed by atoms with Crippen molar-refractivity contribution in [3.63, 3.8) is 0 Å². The topological polar surface area (TPSA) is 81.8 Å². The number of carbonyl (C=O) groups excluding carboxylic acids is 1. The Hall–Kier alpha value is -2.70. The monoisotopic (exact) mass is 362 g/mol. The smallest absolute Gasteiger partial charge is 0.363 e. The summed E-state index contributed by atoms with van der Waals surface area (Å²) in [6.07, 6.45) is 1.52. The van der Waals surface area contributed by atoms with E-state index in [1.165, 1.54) is 24.3 Å². The van der Waals surface area contributed by atoms with Crippen LogP contribution in [0.15, 0.2) is 53.2 Å². The maximum atomic E-state index is 12.0. The van der Waals surface area contributed by atoms with Crippen LogP contribution in [0.25, 0.3) is 6.08 Å². The van der Waals surface area contributed by atoms with Gasteiger partial charge in [-0.1, -0.05) is 35.3 Å². The van der Waals surface area contributed by atoms with E-state index >= 15 is 0 Å². The number of benzene rings is 2. The first-order valence-electron chi connectivity index (χ1n) is 6.66. The van der Waals surface area contributed by atoms with Crippen LogP contribution in [-0.4, -0.2) is 16.8 Å². The van der Waals surface area contributed by atoms with Crippen molar-refractivity contribution in [3.8, 4) is 0 Å². The third-order valence-corrected chi connectivity index (χ3v) is 3.77. The number of aliphatic imine (C=N–C) groups is 1. The van der Waals surface area contributed by atoms with Crippen LogP contribution >= 0.6 is 23.2 Å². The van der Waals surface area contributed by atoms with Gasteiger partial charge in [0.15, 0.2) is 5.70 Å². The normalized spacial score (nSPS) is 15.3. The standard InChI is InChI=1S/C16H8Cl2N2O4/c17-10-3-1-9(2-4-10)7-14-16(21)24-15(19-14)12-8-11(20(22)23)5-6-13(12)18/h1-8H. The van der Waals surface area contributed by atoms with Gasteiger partial charge in [-0.15, -0.1) is 0 Å². The van der Waals surface area contributed by atoms with Crippen LogP contribution in [0.3, 0.4) is 0 Å². The van der Waals surface area contributed by atoms with Gasteiger partial charge in [0, 0.05) is 17.2 Å². The molecule has 0 aromatic heterocycles. The zero-order valence-electron chi connectivity index (χ0n) is 11.9. The minimum absolute atomic E-state index is 0.0647. The molecule has 0 fully saturated rings. The average molecular weight is 363 g/mol. The van der Waals surface area contributed by atoms with Gasteiger partial charge in [-0.2, -0.15) is 0 Å². The van der Waals surface area contributed by atoms with Crippen molar-refractivity contribution in [2.24, 2.45) is 4.99 Å². The van der Waals surface area contributed by atoms with Crippen LogP contribution in [0.2, 0.25) is 10.0 Å². The molecule has 6 nitrogen and oxygen atoms in total. The molecule has 0 amide bonds. The number of rotatable bonds is 3. The zero-order valence-corrected chi connectivity index (χ0v) is 13.4. The summed E-state index contributed by atoms with van der Waals surface area (Å²) in [6.45, 7) is 0. The first-order valence-corrected chi connectivity index (χ1v) is 7.42. The van der Waals surface area contributed by atoms with E-state index in [4.69, 9.17) is 27.9 Å². The molecule has 2 aromatic carbocycles. The van der Waals surface area contributed by atoms with E-state index in [-0.39, 0.29) is 27.9 Å². The number of carbonyl (C=O) groups is 1. The van der Waals surface area contributed by atoms with Crippen LogP contribution in [0.4, 0.5) is 5.69 Å². The molecular formula is C16H8Cl2N2O4. The Bertz CT molecular complexity index is 905. The molecule has 0 spiro atoms. The first-order chi connectivity index (χ1) is 11.4. The second kappa shape index (κ2) is 6.43. The molecule has 0 saturated carbocycles. The molecule has 0 radical (unpaired) electrons. The number of nitro groups is 1. The summed E-state index contributed by atoms with van der Waals surface area (Å²) >= 11 is 11.8. The van der Waals surface area contributed by atoms with Crippen LogP contribution in [-0.2, 0) is 9.53 Å². The van der Waals surface area contributed by atoms with Crippen LogP contribution in [0.5, 0.6) is 0 Å². The van der Waals surface area contributed by atoms with E-state index in [0.29, 0.717) is 10.6 Å². The van der Waals surface area contributed by atoms with Crippen molar-refractivity contribution in [1.29, 1.82) is 0 Å². The fraction of sp³-hybridized carbons (Fsp3) is 0. The number of ether oxygens (including phenoxy) is 1. The van der Waals surface area contributed by atoms with E-state index in [0.717, 1.165) is 0 Å². The summed E-state index contributed by atoms with van der Waals surface area (Å²) in [6, 6.07) is 10.6. The van der Waals surface area contributed by atoms with E-state index in [2.05, 4.69) is 4.99 Å². The molecule has 0 saturated heterocycles. The SMILES string of the molecule is O=C1OC(c2cc([N+](=O)[O-])ccc2Cl)=NC1=Cc1ccc(Cl)cc1. The summed E-state index contributed by atoms with van der Waals surface area (Å²) in [5, 5.41) is 11.6. The summed E-state index contributed by atoms with van der Waals surface area (Å²) in [5.41, 5.74) is 0.776. The van der Waals surface area contributed by atoms with Crippen LogP contribution in [0.1, 0.15) is 11.1 Å². The highest BCUT2D eigenvalue weighted by molar-refractivity contribution is 6.34. The van der Waals surface area contributed by atoms with E-state index in [1.807, 2.05) is 0 Å². The Morgan fingerprint density at radius 3 is 2.50 bits per heavy atom.